The van der Waals surface area contributed by atoms with Crippen LogP contribution in [0.15, 0.2) is 71.7 Å². The number of anilines is 1. The van der Waals surface area contributed by atoms with E-state index in [9.17, 15) is 14.0 Å². The number of ether oxygens (including phenoxy) is 2. The van der Waals surface area contributed by atoms with Gasteiger partial charge in [-0.1, -0.05) is 0 Å². The molecule has 5 rings (SSSR count). The van der Waals surface area contributed by atoms with Crippen LogP contribution in [0.5, 0.6) is 17.4 Å². The first-order valence-electron chi connectivity index (χ1n) is 12.2. The molecule has 5 aromatic rings. The van der Waals surface area contributed by atoms with E-state index in [1.165, 1.54) is 48.2 Å². The zero-order chi connectivity index (χ0) is 28.6. The van der Waals surface area contributed by atoms with Gasteiger partial charge in [-0.2, -0.15) is 0 Å². The molecule has 10 heteroatoms. The number of pyridine rings is 3. The summed E-state index contributed by atoms with van der Waals surface area (Å²) < 4.78 is 41.0. The van der Waals surface area contributed by atoms with Crippen LogP contribution in [-0.2, 0) is 0 Å². The average Bonchev–Trinajstić information content (AvgIpc) is 2.91. The molecule has 202 valence electrons. The largest absolute Gasteiger partial charge is 0.481 e. The van der Waals surface area contributed by atoms with Crippen molar-refractivity contribution in [2.24, 2.45) is 0 Å². The summed E-state index contributed by atoms with van der Waals surface area (Å²) in [5.41, 5.74) is 2.39. The quantitative estimate of drug-likeness (QED) is 0.281. The minimum Gasteiger partial charge on any atom is -0.481 e. The van der Waals surface area contributed by atoms with Crippen LogP contribution < -0.4 is 20.3 Å². The van der Waals surface area contributed by atoms with Crippen molar-refractivity contribution in [1.29, 1.82) is 0 Å². The lowest BCUT2D eigenvalue weighted by atomic mass is 10.1. The van der Waals surface area contributed by atoms with E-state index in [0.717, 1.165) is 6.07 Å². The van der Waals surface area contributed by atoms with Crippen molar-refractivity contribution >= 4 is 22.6 Å². The molecule has 2 aromatic carbocycles. The summed E-state index contributed by atoms with van der Waals surface area (Å²) in [7, 11) is 1.48. The van der Waals surface area contributed by atoms with Gasteiger partial charge in [-0.25, -0.2) is 13.8 Å². The zero-order valence-electron chi connectivity index (χ0n) is 22.1. The molecule has 0 radical (unpaired) electrons. The molecule has 0 atom stereocenters. The summed E-state index contributed by atoms with van der Waals surface area (Å²) in [4.78, 5) is 35.2. The molecule has 0 spiro atoms. The first kappa shape index (κ1) is 26.5. The van der Waals surface area contributed by atoms with E-state index in [-0.39, 0.29) is 22.7 Å². The van der Waals surface area contributed by atoms with Crippen molar-refractivity contribution in [3.63, 3.8) is 0 Å². The number of hydrogen-bond donors (Lipinski definition) is 1. The van der Waals surface area contributed by atoms with Crippen molar-refractivity contribution in [2.75, 3.05) is 12.4 Å². The number of nitrogens with one attached hydrogen (secondary N) is 1. The van der Waals surface area contributed by atoms with Crippen molar-refractivity contribution in [3.05, 3.63) is 111 Å². The van der Waals surface area contributed by atoms with Gasteiger partial charge in [0.25, 0.3) is 11.5 Å². The number of carbonyl (C=O) groups excluding carboxylic acids is 1. The van der Waals surface area contributed by atoms with E-state index in [1.54, 1.807) is 45.0 Å². The van der Waals surface area contributed by atoms with Gasteiger partial charge in [-0.15, -0.1) is 0 Å². The van der Waals surface area contributed by atoms with Gasteiger partial charge in [0.2, 0.25) is 5.88 Å². The van der Waals surface area contributed by atoms with Gasteiger partial charge >= 0.3 is 0 Å². The third-order valence-corrected chi connectivity index (χ3v) is 6.36. The predicted octanol–water partition coefficient (Wildman–Crippen LogP) is 6.04. The molecule has 0 aliphatic rings. The molecule has 0 saturated heterocycles. The lowest BCUT2D eigenvalue weighted by molar-refractivity contribution is 0.102. The summed E-state index contributed by atoms with van der Waals surface area (Å²) in [6, 6.07) is 14.6. The number of methoxy groups -OCH3 is 1. The number of hydrogen-bond acceptors (Lipinski definition) is 6. The highest BCUT2D eigenvalue weighted by molar-refractivity contribution is 6.05. The maximum absolute atomic E-state index is 15.1. The number of fused-ring (bicyclic) bond motifs is 1. The Morgan fingerprint density at radius 3 is 2.45 bits per heavy atom. The first-order valence-corrected chi connectivity index (χ1v) is 12.2. The molecule has 0 saturated carbocycles. The molecule has 0 aliphatic carbocycles. The molecular weight excluding hydrogens is 518 g/mol. The van der Waals surface area contributed by atoms with Gasteiger partial charge in [0, 0.05) is 35.8 Å². The molecule has 0 aliphatic heterocycles. The second-order valence-corrected chi connectivity index (χ2v) is 9.15. The number of amides is 1. The van der Waals surface area contributed by atoms with E-state index in [2.05, 4.69) is 15.3 Å². The van der Waals surface area contributed by atoms with E-state index in [0.29, 0.717) is 39.4 Å². The summed E-state index contributed by atoms with van der Waals surface area (Å²) >= 11 is 0. The maximum atomic E-state index is 15.1. The number of nitrogens with zero attached hydrogens (tertiary/aromatic N) is 3. The number of benzene rings is 2. The second kappa shape index (κ2) is 10.6. The molecule has 1 amide bonds. The molecule has 0 unspecified atom stereocenters. The summed E-state index contributed by atoms with van der Waals surface area (Å²) in [5, 5.41) is 2.59. The maximum Gasteiger partial charge on any atom is 0.268 e. The third kappa shape index (κ3) is 4.98. The highest BCUT2D eigenvalue weighted by Crippen LogP contribution is 2.31. The molecule has 40 heavy (non-hydrogen) atoms. The van der Waals surface area contributed by atoms with Crippen LogP contribution >= 0.6 is 0 Å². The third-order valence-electron chi connectivity index (χ3n) is 6.36. The van der Waals surface area contributed by atoms with E-state index >= 15 is 4.39 Å². The van der Waals surface area contributed by atoms with Crippen LogP contribution in [-0.4, -0.2) is 27.6 Å². The number of halogens is 2. The molecular formula is C30H24F2N4O4. The van der Waals surface area contributed by atoms with Crippen LogP contribution in [0.25, 0.3) is 16.7 Å². The predicted molar refractivity (Wildman–Crippen MR) is 147 cm³/mol. The minimum absolute atomic E-state index is 0.101. The van der Waals surface area contributed by atoms with Crippen LogP contribution in [0.3, 0.4) is 0 Å². The summed E-state index contributed by atoms with van der Waals surface area (Å²) in [6.07, 6.45) is 1.52. The van der Waals surface area contributed by atoms with Crippen molar-refractivity contribution in [1.82, 2.24) is 14.5 Å². The number of aryl methyl sites for hydroxylation is 3. The fourth-order valence-electron chi connectivity index (χ4n) is 4.49. The van der Waals surface area contributed by atoms with Gasteiger partial charge in [-0.05, 0) is 74.4 Å². The molecule has 0 fully saturated rings. The number of carbonyl (C=O) groups is 1. The fourth-order valence-corrected chi connectivity index (χ4v) is 4.49. The normalized spacial score (nSPS) is 10.9. The van der Waals surface area contributed by atoms with Crippen molar-refractivity contribution in [3.8, 4) is 23.1 Å². The van der Waals surface area contributed by atoms with Crippen LogP contribution in [0.4, 0.5) is 14.5 Å². The Kier molecular flexibility index (Phi) is 7.00. The Balaban J connectivity index is 1.43. The van der Waals surface area contributed by atoms with E-state index < -0.39 is 23.1 Å². The van der Waals surface area contributed by atoms with Crippen LogP contribution in [0.1, 0.15) is 27.2 Å². The molecule has 3 heterocycles. The standard InChI is InChI=1S/C30H24F2N4O4/c1-16-14-19(31)5-8-23(16)36-18(3)13-17(2)27(30(36)38)29(37)34-20-6-9-24(21(32)15-20)40-25-11-12-33-22-7-10-26(39-4)35-28(22)25/h5-15H,1-4H3,(H,34,37). The zero-order valence-corrected chi connectivity index (χ0v) is 22.1. The van der Waals surface area contributed by atoms with E-state index in [4.69, 9.17) is 9.47 Å². The Labute approximate surface area is 227 Å². The van der Waals surface area contributed by atoms with Crippen LogP contribution in [0.2, 0.25) is 0 Å². The first-order chi connectivity index (χ1) is 19.2. The van der Waals surface area contributed by atoms with Gasteiger partial charge < -0.3 is 14.8 Å². The Hall–Kier alpha value is -5.12. The summed E-state index contributed by atoms with van der Waals surface area (Å²) in [6.45, 7) is 5.05. The van der Waals surface area contributed by atoms with Gasteiger partial charge in [0.05, 0.1) is 18.3 Å². The van der Waals surface area contributed by atoms with Crippen molar-refractivity contribution in [2.45, 2.75) is 20.8 Å². The topological polar surface area (TPSA) is 95.3 Å². The molecule has 0 bridgehead atoms. The number of aromatic nitrogens is 3. The molecule has 1 N–H and O–H groups in total. The molecule has 8 nitrogen and oxygen atoms in total. The SMILES string of the molecule is COc1ccc2nccc(Oc3ccc(NC(=O)c4c(C)cc(C)n(-c5ccc(F)cc5C)c4=O)cc3F)c2n1. The average molecular weight is 543 g/mol. The smallest absolute Gasteiger partial charge is 0.268 e. The second-order valence-electron chi connectivity index (χ2n) is 9.15. The van der Waals surface area contributed by atoms with Gasteiger partial charge in [0.15, 0.2) is 17.3 Å². The monoisotopic (exact) mass is 542 g/mol. The Bertz CT molecular complexity index is 1850. The highest BCUT2D eigenvalue weighted by atomic mass is 19.1. The Morgan fingerprint density at radius 1 is 0.925 bits per heavy atom. The fraction of sp³-hybridized carbons (Fsp3) is 0.133. The van der Waals surface area contributed by atoms with E-state index in [1.807, 2.05) is 0 Å². The number of rotatable bonds is 6. The van der Waals surface area contributed by atoms with Gasteiger partial charge in [0.1, 0.15) is 16.9 Å². The van der Waals surface area contributed by atoms with Gasteiger partial charge in [-0.3, -0.25) is 19.1 Å². The lowest BCUT2D eigenvalue weighted by Crippen LogP contribution is -2.31. The highest BCUT2D eigenvalue weighted by Gasteiger charge is 2.20. The van der Waals surface area contributed by atoms with Crippen LogP contribution in [0, 0.1) is 32.4 Å². The Morgan fingerprint density at radius 2 is 1.73 bits per heavy atom. The summed E-state index contributed by atoms with van der Waals surface area (Å²) in [5.74, 6) is -1.36. The van der Waals surface area contributed by atoms with Crippen molar-refractivity contribution < 1.29 is 23.0 Å². The molecule has 3 aromatic heterocycles. The lowest BCUT2D eigenvalue weighted by Gasteiger charge is -2.16. The minimum atomic E-state index is -0.745.